The van der Waals surface area contributed by atoms with Crippen LogP contribution in [-0.4, -0.2) is 13.2 Å². The number of ether oxygens (including phenoxy) is 2. The molecule has 76 valence electrons. The van der Waals surface area contributed by atoms with Crippen LogP contribution >= 0.6 is 0 Å². The minimum absolute atomic E-state index is 0.359. The summed E-state index contributed by atoms with van der Waals surface area (Å²) in [5.41, 5.74) is 5.76. The molecule has 1 amide bonds. The molecule has 4 nitrogen and oxygen atoms in total. The standard InChI is InChI=1S/C10H13NO3/c1-7(14-10(11)12)8-4-3-5-9(6-8)13-2/h3-7H,1-2H3,(H2,11,12)/t7-/m0/s1. The third-order valence-electron chi connectivity index (χ3n) is 1.86. The zero-order valence-corrected chi connectivity index (χ0v) is 8.19. The van der Waals surface area contributed by atoms with Crippen LogP contribution in [0.25, 0.3) is 0 Å². The molecule has 0 unspecified atom stereocenters. The van der Waals surface area contributed by atoms with Crippen molar-refractivity contribution in [3.05, 3.63) is 29.8 Å². The largest absolute Gasteiger partial charge is 0.497 e. The van der Waals surface area contributed by atoms with Crippen molar-refractivity contribution >= 4 is 6.09 Å². The normalized spacial score (nSPS) is 11.9. The fraction of sp³-hybridized carbons (Fsp3) is 0.300. The summed E-state index contributed by atoms with van der Waals surface area (Å²) in [7, 11) is 1.58. The van der Waals surface area contributed by atoms with Crippen molar-refractivity contribution < 1.29 is 14.3 Å². The van der Waals surface area contributed by atoms with Gasteiger partial charge in [0.2, 0.25) is 0 Å². The van der Waals surface area contributed by atoms with Gasteiger partial charge in [-0.25, -0.2) is 4.79 Å². The summed E-state index contributed by atoms with van der Waals surface area (Å²) < 4.78 is 9.86. The van der Waals surface area contributed by atoms with Crippen molar-refractivity contribution in [3.8, 4) is 5.75 Å². The lowest BCUT2D eigenvalue weighted by Gasteiger charge is -2.12. The molecule has 0 aliphatic rings. The lowest BCUT2D eigenvalue weighted by molar-refractivity contribution is 0.116. The van der Waals surface area contributed by atoms with Crippen molar-refractivity contribution in [2.24, 2.45) is 5.73 Å². The Morgan fingerprint density at radius 2 is 2.21 bits per heavy atom. The quantitative estimate of drug-likeness (QED) is 0.800. The van der Waals surface area contributed by atoms with Crippen LogP contribution in [0.1, 0.15) is 18.6 Å². The van der Waals surface area contributed by atoms with Gasteiger partial charge in [0, 0.05) is 0 Å². The number of benzene rings is 1. The van der Waals surface area contributed by atoms with Crippen LogP contribution in [0.15, 0.2) is 24.3 Å². The van der Waals surface area contributed by atoms with Gasteiger partial charge in [-0.05, 0) is 24.6 Å². The van der Waals surface area contributed by atoms with Crippen molar-refractivity contribution in [1.29, 1.82) is 0 Å². The Morgan fingerprint density at radius 3 is 2.79 bits per heavy atom. The number of hydrogen-bond donors (Lipinski definition) is 1. The summed E-state index contributed by atoms with van der Waals surface area (Å²) in [6, 6.07) is 7.29. The zero-order chi connectivity index (χ0) is 10.6. The molecule has 4 heteroatoms. The predicted octanol–water partition coefficient (Wildman–Crippen LogP) is 1.85. The van der Waals surface area contributed by atoms with Gasteiger partial charge in [-0.2, -0.15) is 0 Å². The van der Waals surface area contributed by atoms with Crippen molar-refractivity contribution in [2.75, 3.05) is 7.11 Å². The number of primary amides is 1. The first kappa shape index (κ1) is 10.4. The Labute approximate surface area is 82.6 Å². The third kappa shape index (κ3) is 2.65. The van der Waals surface area contributed by atoms with E-state index in [1.54, 1.807) is 20.1 Å². The summed E-state index contributed by atoms with van der Waals surface area (Å²) in [5.74, 6) is 0.724. The molecule has 0 bridgehead atoms. The van der Waals surface area contributed by atoms with Gasteiger partial charge in [-0.1, -0.05) is 12.1 Å². The van der Waals surface area contributed by atoms with E-state index in [1.807, 2.05) is 18.2 Å². The second-order valence-corrected chi connectivity index (χ2v) is 2.86. The van der Waals surface area contributed by atoms with Gasteiger partial charge in [0.1, 0.15) is 11.9 Å². The fourth-order valence-electron chi connectivity index (χ4n) is 1.14. The molecular formula is C10H13NO3. The number of hydrogen-bond acceptors (Lipinski definition) is 3. The van der Waals surface area contributed by atoms with Crippen molar-refractivity contribution in [1.82, 2.24) is 0 Å². The molecule has 1 atom stereocenters. The van der Waals surface area contributed by atoms with Crippen molar-refractivity contribution in [2.45, 2.75) is 13.0 Å². The van der Waals surface area contributed by atoms with E-state index >= 15 is 0 Å². The number of rotatable bonds is 3. The van der Waals surface area contributed by atoms with E-state index in [2.05, 4.69) is 0 Å². The summed E-state index contributed by atoms with van der Waals surface area (Å²) in [6.45, 7) is 1.75. The molecule has 2 N–H and O–H groups in total. The van der Waals surface area contributed by atoms with E-state index < -0.39 is 6.09 Å². The molecule has 0 heterocycles. The average Bonchev–Trinajstić information content (AvgIpc) is 2.17. The molecule has 0 aliphatic heterocycles. The molecule has 14 heavy (non-hydrogen) atoms. The molecule has 0 radical (unpaired) electrons. The van der Waals surface area contributed by atoms with Gasteiger partial charge in [-0.15, -0.1) is 0 Å². The number of nitrogens with two attached hydrogens (primary N) is 1. The monoisotopic (exact) mass is 195 g/mol. The van der Waals surface area contributed by atoms with Crippen LogP contribution in [0, 0.1) is 0 Å². The number of amides is 1. The second kappa shape index (κ2) is 4.50. The van der Waals surface area contributed by atoms with Crippen LogP contribution in [0.5, 0.6) is 5.75 Å². The minimum atomic E-state index is -0.777. The summed E-state index contributed by atoms with van der Waals surface area (Å²) >= 11 is 0. The van der Waals surface area contributed by atoms with Gasteiger partial charge < -0.3 is 15.2 Å². The molecule has 0 aliphatic carbocycles. The van der Waals surface area contributed by atoms with Crippen LogP contribution in [0.3, 0.4) is 0 Å². The SMILES string of the molecule is COc1cccc([C@H](C)OC(N)=O)c1. The Bertz CT molecular complexity index is 325. The highest BCUT2D eigenvalue weighted by atomic mass is 16.6. The van der Waals surface area contributed by atoms with Gasteiger partial charge in [0.15, 0.2) is 0 Å². The number of methoxy groups -OCH3 is 1. The van der Waals surface area contributed by atoms with Crippen LogP contribution < -0.4 is 10.5 Å². The highest BCUT2D eigenvalue weighted by Crippen LogP contribution is 2.21. The topological polar surface area (TPSA) is 61.6 Å². The van der Waals surface area contributed by atoms with Crippen LogP contribution in [-0.2, 0) is 4.74 Å². The summed E-state index contributed by atoms with van der Waals surface area (Å²) in [6.07, 6.45) is -1.14. The summed E-state index contributed by atoms with van der Waals surface area (Å²) in [5, 5.41) is 0. The fourth-order valence-corrected chi connectivity index (χ4v) is 1.14. The number of carbonyl (C=O) groups is 1. The average molecular weight is 195 g/mol. The highest BCUT2D eigenvalue weighted by molar-refractivity contribution is 5.65. The third-order valence-corrected chi connectivity index (χ3v) is 1.86. The number of carbonyl (C=O) groups excluding carboxylic acids is 1. The van der Waals surface area contributed by atoms with Gasteiger partial charge in [0.25, 0.3) is 0 Å². The maximum atomic E-state index is 10.5. The lowest BCUT2D eigenvalue weighted by atomic mass is 10.1. The summed E-state index contributed by atoms with van der Waals surface area (Å²) in [4.78, 5) is 10.5. The van der Waals surface area contributed by atoms with E-state index in [9.17, 15) is 4.79 Å². The molecule has 0 spiro atoms. The first-order valence-corrected chi connectivity index (χ1v) is 4.23. The maximum absolute atomic E-state index is 10.5. The maximum Gasteiger partial charge on any atom is 0.405 e. The molecule has 1 aromatic carbocycles. The van der Waals surface area contributed by atoms with E-state index in [1.165, 1.54) is 0 Å². The highest BCUT2D eigenvalue weighted by Gasteiger charge is 2.09. The molecule has 1 rings (SSSR count). The second-order valence-electron chi connectivity index (χ2n) is 2.86. The first-order valence-electron chi connectivity index (χ1n) is 4.23. The molecule has 0 aromatic heterocycles. The molecule has 1 aromatic rings. The van der Waals surface area contributed by atoms with E-state index in [4.69, 9.17) is 15.2 Å². The Hall–Kier alpha value is -1.71. The molecular weight excluding hydrogens is 182 g/mol. The Kier molecular flexibility index (Phi) is 3.34. The Morgan fingerprint density at radius 1 is 1.50 bits per heavy atom. The van der Waals surface area contributed by atoms with Crippen LogP contribution in [0.2, 0.25) is 0 Å². The van der Waals surface area contributed by atoms with Crippen LogP contribution in [0.4, 0.5) is 4.79 Å². The van der Waals surface area contributed by atoms with E-state index in [-0.39, 0.29) is 6.10 Å². The molecule has 0 saturated carbocycles. The Balaban J connectivity index is 2.78. The van der Waals surface area contributed by atoms with E-state index in [0.29, 0.717) is 0 Å². The smallest absolute Gasteiger partial charge is 0.405 e. The van der Waals surface area contributed by atoms with E-state index in [0.717, 1.165) is 11.3 Å². The van der Waals surface area contributed by atoms with Crippen molar-refractivity contribution in [3.63, 3.8) is 0 Å². The zero-order valence-electron chi connectivity index (χ0n) is 8.19. The molecule has 0 saturated heterocycles. The minimum Gasteiger partial charge on any atom is -0.497 e. The van der Waals surface area contributed by atoms with Gasteiger partial charge in [-0.3, -0.25) is 0 Å². The first-order chi connectivity index (χ1) is 6.63. The van der Waals surface area contributed by atoms with Gasteiger partial charge in [0.05, 0.1) is 7.11 Å². The van der Waals surface area contributed by atoms with Gasteiger partial charge >= 0.3 is 6.09 Å². The molecule has 0 fully saturated rings. The lowest BCUT2D eigenvalue weighted by Crippen LogP contribution is -2.15. The predicted molar refractivity (Wildman–Crippen MR) is 52.1 cm³/mol.